The third-order valence-corrected chi connectivity index (χ3v) is 5.16. The topological polar surface area (TPSA) is 29.5 Å². The Labute approximate surface area is 154 Å². The number of carbonyl (C=O) groups is 1. The molecule has 25 heavy (non-hydrogen) atoms. The van der Waals surface area contributed by atoms with Crippen molar-refractivity contribution < 1.29 is 9.53 Å². The molecule has 0 bridgehead atoms. The molecule has 0 N–H and O–H groups in total. The van der Waals surface area contributed by atoms with Gasteiger partial charge < -0.3 is 9.64 Å². The number of nitrogens with zero attached hydrogens (tertiary/aromatic N) is 1. The van der Waals surface area contributed by atoms with Crippen molar-refractivity contribution in [3.8, 4) is 5.75 Å². The maximum absolute atomic E-state index is 12.2. The van der Waals surface area contributed by atoms with Crippen LogP contribution in [0.25, 0.3) is 0 Å². The summed E-state index contributed by atoms with van der Waals surface area (Å²) in [5.74, 6) is 0.965. The maximum atomic E-state index is 12.2. The molecule has 1 aliphatic heterocycles. The molecular formula is C21H23NO2S. The highest BCUT2D eigenvalue weighted by Gasteiger charge is 2.19. The van der Waals surface area contributed by atoms with Gasteiger partial charge in [0.2, 0.25) is 0 Å². The van der Waals surface area contributed by atoms with E-state index < -0.39 is 0 Å². The van der Waals surface area contributed by atoms with Gasteiger partial charge in [-0.05, 0) is 62.1 Å². The van der Waals surface area contributed by atoms with Crippen LogP contribution in [0.2, 0.25) is 0 Å². The molecule has 0 unspecified atom stereocenters. The molecule has 130 valence electrons. The quantitative estimate of drug-likeness (QED) is 0.457. The van der Waals surface area contributed by atoms with E-state index in [1.54, 1.807) is 24.3 Å². The van der Waals surface area contributed by atoms with Gasteiger partial charge in [0, 0.05) is 18.7 Å². The van der Waals surface area contributed by atoms with E-state index in [1.807, 2.05) is 31.2 Å². The normalized spacial score (nSPS) is 15.0. The Balaban J connectivity index is 1.63. The van der Waals surface area contributed by atoms with E-state index in [4.69, 9.17) is 17.0 Å². The van der Waals surface area contributed by atoms with Crippen LogP contribution < -0.4 is 4.74 Å². The van der Waals surface area contributed by atoms with Crippen LogP contribution in [0.15, 0.2) is 48.5 Å². The largest absolute Gasteiger partial charge is 0.423 e. The van der Waals surface area contributed by atoms with Gasteiger partial charge in [-0.3, -0.25) is 0 Å². The molecule has 0 saturated carbocycles. The Hall–Kier alpha value is -2.20. The minimum absolute atomic E-state index is 0.347. The van der Waals surface area contributed by atoms with E-state index in [9.17, 15) is 4.79 Å². The smallest absolute Gasteiger partial charge is 0.343 e. The minimum atomic E-state index is -0.347. The number of esters is 1. The fraction of sp³-hybridized carbons (Fsp3) is 0.333. The Morgan fingerprint density at radius 1 is 1.00 bits per heavy atom. The highest BCUT2D eigenvalue weighted by Crippen LogP contribution is 2.21. The molecule has 1 aliphatic rings. The first-order valence-corrected chi connectivity index (χ1v) is 9.12. The van der Waals surface area contributed by atoms with Gasteiger partial charge in [0.25, 0.3) is 0 Å². The van der Waals surface area contributed by atoms with Crippen molar-refractivity contribution >= 4 is 23.2 Å². The second-order valence-electron chi connectivity index (χ2n) is 6.75. The molecule has 0 aromatic heterocycles. The monoisotopic (exact) mass is 353 g/mol. The van der Waals surface area contributed by atoms with Gasteiger partial charge in [0.05, 0.1) is 5.56 Å². The summed E-state index contributed by atoms with van der Waals surface area (Å²) in [6.07, 6.45) is 2.37. The number of piperidine rings is 1. The number of benzene rings is 2. The molecule has 1 fully saturated rings. The summed E-state index contributed by atoms with van der Waals surface area (Å²) in [6.45, 7) is 6.31. The highest BCUT2D eigenvalue weighted by atomic mass is 32.1. The Morgan fingerprint density at radius 3 is 2.16 bits per heavy atom. The molecular weight excluding hydrogens is 330 g/mol. The van der Waals surface area contributed by atoms with E-state index in [0.29, 0.717) is 11.3 Å². The Bertz CT molecular complexity index is 744. The number of rotatable bonds is 3. The summed E-state index contributed by atoms with van der Waals surface area (Å²) in [7, 11) is 0. The van der Waals surface area contributed by atoms with Crippen LogP contribution in [0.5, 0.6) is 5.75 Å². The highest BCUT2D eigenvalue weighted by molar-refractivity contribution is 7.80. The van der Waals surface area contributed by atoms with Gasteiger partial charge in [-0.15, -0.1) is 0 Å². The molecule has 2 aromatic carbocycles. The van der Waals surface area contributed by atoms with Crippen molar-refractivity contribution in [3.05, 3.63) is 65.2 Å². The summed E-state index contributed by atoms with van der Waals surface area (Å²) in [6, 6.07) is 14.8. The first kappa shape index (κ1) is 17.6. The van der Waals surface area contributed by atoms with Gasteiger partial charge in [-0.2, -0.15) is 0 Å². The number of ether oxygens (including phenoxy) is 1. The first-order chi connectivity index (χ1) is 12.0. The van der Waals surface area contributed by atoms with Crippen LogP contribution in [0, 0.1) is 12.8 Å². The lowest BCUT2D eigenvalue weighted by molar-refractivity contribution is 0.0735. The summed E-state index contributed by atoms with van der Waals surface area (Å²) < 4.78 is 5.44. The summed E-state index contributed by atoms with van der Waals surface area (Å²) >= 11 is 5.62. The van der Waals surface area contributed by atoms with Gasteiger partial charge in [-0.25, -0.2) is 4.79 Å². The standard InChI is InChI=1S/C21H23NO2S/c1-15-3-5-18(6-4-15)21(23)24-19-9-7-17(8-10-19)20(25)22-13-11-16(2)12-14-22/h3-10,16H,11-14H2,1-2H3. The van der Waals surface area contributed by atoms with Crippen molar-refractivity contribution in [2.24, 2.45) is 5.92 Å². The second-order valence-corrected chi connectivity index (χ2v) is 7.14. The fourth-order valence-electron chi connectivity index (χ4n) is 2.92. The predicted octanol–water partition coefficient (Wildman–Crippen LogP) is 4.62. The van der Waals surface area contributed by atoms with Crippen molar-refractivity contribution in [3.63, 3.8) is 0 Å². The minimum Gasteiger partial charge on any atom is -0.423 e. The second kappa shape index (κ2) is 7.79. The average Bonchev–Trinajstić information content (AvgIpc) is 2.63. The first-order valence-electron chi connectivity index (χ1n) is 8.71. The zero-order chi connectivity index (χ0) is 17.8. The molecule has 0 amide bonds. The third-order valence-electron chi connectivity index (χ3n) is 4.67. The van der Waals surface area contributed by atoms with Gasteiger partial charge in [0.15, 0.2) is 0 Å². The summed E-state index contributed by atoms with van der Waals surface area (Å²) in [4.78, 5) is 15.3. The third kappa shape index (κ3) is 4.45. The van der Waals surface area contributed by atoms with Crippen molar-refractivity contribution in [2.75, 3.05) is 13.1 Å². The molecule has 2 aromatic rings. The van der Waals surface area contributed by atoms with Crippen LogP contribution in [0.1, 0.15) is 41.3 Å². The summed E-state index contributed by atoms with van der Waals surface area (Å²) in [5.41, 5.74) is 2.66. The molecule has 0 atom stereocenters. The van der Waals surface area contributed by atoms with Crippen molar-refractivity contribution in [2.45, 2.75) is 26.7 Å². The molecule has 3 nitrogen and oxygen atoms in total. The van der Waals surface area contributed by atoms with Crippen LogP contribution in [-0.4, -0.2) is 28.9 Å². The number of carbonyl (C=O) groups excluding carboxylic acids is 1. The lowest BCUT2D eigenvalue weighted by Gasteiger charge is -2.32. The Morgan fingerprint density at radius 2 is 1.56 bits per heavy atom. The van der Waals surface area contributed by atoms with E-state index in [2.05, 4.69) is 11.8 Å². The van der Waals surface area contributed by atoms with Crippen LogP contribution in [-0.2, 0) is 0 Å². The number of likely N-dealkylation sites (tertiary alicyclic amines) is 1. The number of hydrogen-bond donors (Lipinski definition) is 0. The Kier molecular flexibility index (Phi) is 5.49. The average molecular weight is 353 g/mol. The lowest BCUT2D eigenvalue weighted by Crippen LogP contribution is -2.37. The number of aryl methyl sites for hydroxylation is 1. The van der Waals surface area contributed by atoms with E-state index in [1.165, 1.54) is 12.8 Å². The number of thiocarbonyl (C=S) groups is 1. The molecule has 3 rings (SSSR count). The predicted molar refractivity (Wildman–Crippen MR) is 104 cm³/mol. The number of hydrogen-bond acceptors (Lipinski definition) is 3. The van der Waals surface area contributed by atoms with E-state index in [0.717, 1.165) is 35.1 Å². The van der Waals surface area contributed by atoms with Crippen molar-refractivity contribution in [1.82, 2.24) is 4.90 Å². The van der Waals surface area contributed by atoms with E-state index >= 15 is 0 Å². The van der Waals surface area contributed by atoms with Crippen LogP contribution in [0.3, 0.4) is 0 Å². The van der Waals surface area contributed by atoms with Gasteiger partial charge in [0.1, 0.15) is 10.7 Å². The van der Waals surface area contributed by atoms with Crippen LogP contribution >= 0.6 is 12.2 Å². The molecule has 4 heteroatoms. The molecule has 0 aliphatic carbocycles. The SMILES string of the molecule is Cc1ccc(C(=O)Oc2ccc(C(=S)N3CCC(C)CC3)cc2)cc1. The fourth-order valence-corrected chi connectivity index (χ4v) is 3.23. The lowest BCUT2D eigenvalue weighted by atomic mass is 9.99. The zero-order valence-electron chi connectivity index (χ0n) is 14.7. The van der Waals surface area contributed by atoms with Gasteiger partial charge >= 0.3 is 5.97 Å². The van der Waals surface area contributed by atoms with E-state index in [-0.39, 0.29) is 5.97 Å². The van der Waals surface area contributed by atoms with Crippen LogP contribution in [0.4, 0.5) is 0 Å². The zero-order valence-corrected chi connectivity index (χ0v) is 15.5. The van der Waals surface area contributed by atoms with Crippen molar-refractivity contribution in [1.29, 1.82) is 0 Å². The maximum Gasteiger partial charge on any atom is 0.343 e. The molecule has 0 spiro atoms. The molecule has 1 saturated heterocycles. The van der Waals surface area contributed by atoms with Gasteiger partial charge in [-0.1, -0.05) is 36.8 Å². The summed E-state index contributed by atoms with van der Waals surface area (Å²) in [5, 5.41) is 0. The molecule has 0 radical (unpaired) electrons. The molecule has 1 heterocycles.